The Kier molecular flexibility index (Phi) is 5.00. The monoisotopic (exact) mass is 305 g/mol. The first-order chi connectivity index (χ1) is 10.3. The number of pyridine rings is 1. The summed E-state index contributed by atoms with van der Waals surface area (Å²) in [6.07, 6.45) is 4.47. The van der Waals surface area contributed by atoms with E-state index in [2.05, 4.69) is 10.3 Å². The average Bonchev–Trinajstić information content (AvgIpc) is 2.46. The number of rotatable bonds is 2. The summed E-state index contributed by atoms with van der Waals surface area (Å²) in [7, 11) is 0. The molecular weight excluding hydrogens is 282 g/mol. The highest BCUT2D eigenvalue weighted by molar-refractivity contribution is 5.92. The fraction of sp³-hybridized carbons (Fsp3) is 0.562. The van der Waals surface area contributed by atoms with Gasteiger partial charge >= 0.3 is 6.09 Å². The number of carbonyl (C=O) groups excluding carboxylic acids is 2. The highest BCUT2D eigenvalue weighted by Gasteiger charge is 2.31. The number of nitrogens with zero attached hydrogens (tertiary/aromatic N) is 2. The van der Waals surface area contributed by atoms with Gasteiger partial charge in [0.1, 0.15) is 5.60 Å². The highest BCUT2D eigenvalue weighted by Crippen LogP contribution is 2.20. The summed E-state index contributed by atoms with van der Waals surface area (Å²) in [6, 6.07) is 3.56. The van der Waals surface area contributed by atoms with Crippen LogP contribution in [0.15, 0.2) is 24.5 Å². The fourth-order valence-electron chi connectivity index (χ4n) is 2.36. The summed E-state index contributed by atoms with van der Waals surface area (Å²) in [6.45, 7) is 6.52. The van der Waals surface area contributed by atoms with Crippen LogP contribution in [0.25, 0.3) is 0 Å². The molecule has 1 N–H and O–H groups in total. The van der Waals surface area contributed by atoms with Crippen LogP contribution in [-0.2, 0) is 9.53 Å². The predicted octanol–water partition coefficient (Wildman–Crippen LogP) is 2.67. The predicted molar refractivity (Wildman–Crippen MR) is 83.4 cm³/mol. The van der Waals surface area contributed by atoms with E-state index in [0.29, 0.717) is 18.8 Å². The van der Waals surface area contributed by atoms with Crippen molar-refractivity contribution in [2.24, 2.45) is 5.92 Å². The van der Waals surface area contributed by atoms with Gasteiger partial charge in [-0.3, -0.25) is 9.78 Å². The molecule has 22 heavy (non-hydrogen) atoms. The number of likely N-dealkylation sites (tertiary alicyclic amines) is 1. The molecule has 0 bridgehead atoms. The van der Waals surface area contributed by atoms with E-state index in [1.165, 1.54) is 0 Å². The van der Waals surface area contributed by atoms with E-state index in [9.17, 15) is 9.59 Å². The molecule has 120 valence electrons. The Morgan fingerprint density at radius 1 is 1.41 bits per heavy atom. The molecule has 0 radical (unpaired) electrons. The van der Waals surface area contributed by atoms with Crippen LogP contribution in [0.3, 0.4) is 0 Å². The van der Waals surface area contributed by atoms with E-state index in [-0.39, 0.29) is 17.9 Å². The van der Waals surface area contributed by atoms with Crippen LogP contribution in [0.5, 0.6) is 0 Å². The second-order valence-corrected chi connectivity index (χ2v) is 6.50. The molecule has 1 aliphatic heterocycles. The van der Waals surface area contributed by atoms with Crippen molar-refractivity contribution in [3.05, 3.63) is 24.5 Å². The van der Waals surface area contributed by atoms with Crippen molar-refractivity contribution in [1.29, 1.82) is 0 Å². The molecule has 1 unspecified atom stereocenters. The minimum absolute atomic E-state index is 0.0822. The first-order valence-electron chi connectivity index (χ1n) is 7.54. The molecule has 6 nitrogen and oxygen atoms in total. The van der Waals surface area contributed by atoms with Crippen molar-refractivity contribution < 1.29 is 14.3 Å². The normalized spacial score (nSPS) is 18.7. The Bertz CT molecular complexity index is 525. The lowest BCUT2D eigenvalue weighted by atomic mass is 9.97. The molecule has 2 heterocycles. The number of ether oxygens (including phenoxy) is 1. The van der Waals surface area contributed by atoms with Gasteiger partial charge in [0.05, 0.1) is 17.8 Å². The molecule has 2 rings (SSSR count). The first-order valence-corrected chi connectivity index (χ1v) is 7.54. The third kappa shape index (κ3) is 4.72. The lowest BCUT2D eigenvalue weighted by Crippen LogP contribution is -2.45. The number of amides is 2. The molecule has 0 saturated carbocycles. The van der Waals surface area contributed by atoms with Crippen LogP contribution in [0.2, 0.25) is 0 Å². The Hall–Kier alpha value is -2.11. The number of aromatic nitrogens is 1. The SMILES string of the molecule is CC(C)(C)OC(=O)N1CCCC(C(=O)Nc2cccnc2)C1. The summed E-state index contributed by atoms with van der Waals surface area (Å²) in [4.78, 5) is 30.0. The van der Waals surface area contributed by atoms with Crippen molar-refractivity contribution in [2.75, 3.05) is 18.4 Å². The minimum Gasteiger partial charge on any atom is -0.444 e. The van der Waals surface area contributed by atoms with E-state index in [1.54, 1.807) is 29.4 Å². The molecule has 0 aromatic carbocycles. The standard InChI is InChI=1S/C16H23N3O3/c1-16(2,3)22-15(21)19-9-5-6-12(11-19)14(20)18-13-7-4-8-17-10-13/h4,7-8,10,12H,5-6,9,11H2,1-3H3,(H,18,20). The molecule has 1 aliphatic rings. The summed E-state index contributed by atoms with van der Waals surface area (Å²) in [5.41, 5.74) is 0.143. The zero-order chi connectivity index (χ0) is 16.2. The molecule has 6 heteroatoms. The molecule has 0 spiro atoms. The van der Waals surface area contributed by atoms with Crippen LogP contribution >= 0.6 is 0 Å². The molecular formula is C16H23N3O3. The quantitative estimate of drug-likeness (QED) is 0.912. The molecule has 1 atom stereocenters. The Labute approximate surface area is 130 Å². The largest absolute Gasteiger partial charge is 0.444 e. The summed E-state index contributed by atoms with van der Waals surface area (Å²) < 4.78 is 5.37. The summed E-state index contributed by atoms with van der Waals surface area (Å²) in [5, 5.41) is 2.84. The maximum absolute atomic E-state index is 12.3. The van der Waals surface area contributed by atoms with Gasteiger partial charge in [-0.15, -0.1) is 0 Å². The van der Waals surface area contributed by atoms with Crippen LogP contribution in [-0.4, -0.2) is 40.6 Å². The van der Waals surface area contributed by atoms with Crippen molar-refractivity contribution in [1.82, 2.24) is 9.88 Å². The van der Waals surface area contributed by atoms with Crippen LogP contribution in [0, 0.1) is 5.92 Å². The second kappa shape index (κ2) is 6.77. The summed E-state index contributed by atoms with van der Waals surface area (Å²) >= 11 is 0. The second-order valence-electron chi connectivity index (χ2n) is 6.50. The van der Waals surface area contributed by atoms with Gasteiger partial charge in [0.2, 0.25) is 5.91 Å². The van der Waals surface area contributed by atoms with Crippen LogP contribution in [0.4, 0.5) is 10.5 Å². The van der Waals surface area contributed by atoms with Crippen molar-refractivity contribution in [3.8, 4) is 0 Å². The lowest BCUT2D eigenvalue weighted by molar-refractivity contribution is -0.121. The smallest absolute Gasteiger partial charge is 0.410 e. The van der Waals surface area contributed by atoms with Gasteiger partial charge in [0.15, 0.2) is 0 Å². The number of anilines is 1. The molecule has 1 aromatic heterocycles. The zero-order valence-corrected chi connectivity index (χ0v) is 13.3. The van der Waals surface area contributed by atoms with E-state index >= 15 is 0 Å². The average molecular weight is 305 g/mol. The van der Waals surface area contributed by atoms with Gasteiger partial charge in [0, 0.05) is 19.3 Å². The van der Waals surface area contributed by atoms with Gasteiger partial charge in [0.25, 0.3) is 0 Å². The topological polar surface area (TPSA) is 71.5 Å². The Morgan fingerprint density at radius 2 is 2.18 bits per heavy atom. The van der Waals surface area contributed by atoms with E-state index in [4.69, 9.17) is 4.74 Å². The molecule has 2 amide bonds. The Morgan fingerprint density at radius 3 is 2.82 bits per heavy atom. The fourth-order valence-corrected chi connectivity index (χ4v) is 2.36. The lowest BCUT2D eigenvalue weighted by Gasteiger charge is -2.33. The molecule has 1 saturated heterocycles. The molecule has 1 aromatic rings. The van der Waals surface area contributed by atoms with Crippen LogP contribution in [0.1, 0.15) is 33.6 Å². The number of carbonyl (C=O) groups is 2. The van der Waals surface area contributed by atoms with Gasteiger partial charge in [-0.2, -0.15) is 0 Å². The van der Waals surface area contributed by atoms with Gasteiger partial charge < -0.3 is 15.0 Å². The Balaban J connectivity index is 1.92. The van der Waals surface area contributed by atoms with E-state index in [0.717, 1.165) is 12.8 Å². The van der Waals surface area contributed by atoms with E-state index < -0.39 is 5.60 Å². The number of nitrogens with one attached hydrogen (secondary N) is 1. The van der Waals surface area contributed by atoms with Crippen molar-refractivity contribution >= 4 is 17.7 Å². The number of hydrogen-bond donors (Lipinski definition) is 1. The van der Waals surface area contributed by atoms with Gasteiger partial charge in [-0.1, -0.05) is 0 Å². The number of piperidine rings is 1. The van der Waals surface area contributed by atoms with Gasteiger partial charge in [-0.05, 0) is 45.7 Å². The van der Waals surface area contributed by atoms with Gasteiger partial charge in [-0.25, -0.2) is 4.79 Å². The summed E-state index contributed by atoms with van der Waals surface area (Å²) in [5.74, 6) is -0.303. The number of hydrogen-bond acceptors (Lipinski definition) is 4. The third-order valence-electron chi connectivity index (χ3n) is 3.37. The molecule has 1 fully saturated rings. The van der Waals surface area contributed by atoms with Crippen molar-refractivity contribution in [3.63, 3.8) is 0 Å². The molecule has 0 aliphatic carbocycles. The highest BCUT2D eigenvalue weighted by atomic mass is 16.6. The van der Waals surface area contributed by atoms with Crippen molar-refractivity contribution in [2.45, 2.75) is 39.2 Å². The maximum atomic E-state index is 12.3. The maximum Gasteiger partial charge on any atom is 0.410 e. The minimum atomic E-state index is -0.526. The van der Waals surface area contributed by atoms with E-state index in [1.807, 2.05) is 20.8 Å². The van der Waals surface area contributed by atoms with Crippen LogP contribution < -0.4 is 5.32 Å². The first kappa shape index (κ1) is 16.3. The third-order valence-corrected chi connectivity index (χ3v) is 3.37. The zero-order valence-electron chi connectivity index (χ0n) is 13.3.